The predicted molar refractivity (Wildman–Crippen MR) is 62.2 cm³/mol. The first-order valence-electron chi connectivity index (χ1n) is 5.09. The van der Waals surface area contributed by atoms with E-state index in [0.29, 0.717) is 12.4 Å². The average Bonchev–Trinajstić information content (AvgIpc) is 2.28. The summed E-state index contributed by atoms with van der Waals surface area (Å²) in [5, 5.41) is 0. The van der Waals surface area contributed by atoms with Crippen LogP contribution in [0.25, 0.3) is 0 Å². The minimum absolute atomic E-state index is 0.235. The highest BCUT2D eigenvalue weighted by Crippen LogP contribution is 2.05. The van der Waals surface area contributed by atoms with Gasteiger partial charge in [-0.1, -0.05) is 13.0 Å². The molecule has 1 heterocycles. The van der Waals surface area contributed by atoms with Crippen LogP contribution in [0.2, 0.25) is 0 Å². The number of nitrogens with two attached hydrogens (primary N) is 2. The molecule has 1 rings (SSSR count). The second-order valence-corrected chi connectivity index (χ2v) is 3.43. The van der Waals surface area contributed by atoms with Gasteiger partial charge in [0.05, 0.1) is 12.2 Å². The Labute approximate surface area is 94.6 Å². The zero-order chi connectivity index (χ0) is 12.0. The van der Waals surface area contributed by atoms with Gasteiger partial charge in [-0.2, -0.15) is 0 Å². The molecule has 5 N–H and O–H groups in total. The molecule has 0 aromatic carbocycles. The number of likely N-dealkylation sites (N-methyl/N-ethyl adjacent to an activating group) is 1. The molecule has 0 aliphatic carbocycles. The van der Waals surface area contributed by atoms with Crippen molar-refractivity contribution >= 4 is 11.7 Å². The number of primary amides is 1. The van der Waals surface area contributed by atoms with Crippen molar-refractivity contribution in [2.45, 2.75) is 13.5 Å². The number of hydrogen-bond acceptors (Lipinski definition) is 5. The van der Waals surface area contributed by atoms with E-state index in [-0.39, 0.29) is 12.5 Å². The Bertz CT molecular complexity index is 355. The van der Waals surface area contributed by atoms with Gasteiger partial charge >= 0.3 is 0 Å². The van der Waals surface area contributed by atoms with E-state index in [2.05, 4.69) is 10.4 Å². The molecule has 16 heavy (non-hydrogen) atoms. The second-order valence-electron chi connectivity index (χ2n) is 3.43. The van der Waals surface area contributed by atoms with Crippen molar-refractivity contribution in [2.24, 2.45) is 11.6 Å². The lowest BCUT2D eigenvalue weighted by molar-refractivity contribution is -0.119. The molecule has 0 atom stereocenters. The summed E-state index contributed by atoms with van der Waals surface area (Å²) in [5.41, 5.74) is 8.47. The van der Waals surface area contributed by atoms with Gasteiger partial charge in [0.15, 0.2) is 0 Å². The van der Waals surface area contributed by atoms with Crippen LogP contribution in [0.4, 0.5) is 5.82 Å². The number of carbonyl (C=O) groups is 1. The van der Waals surface area contributed by atoms with Gasteiger partial charge in [-0.3, -0.25) is 9.69 Å². The van der Waals surface area contributed by atoms with Crippen LogP contribution in [0.3, 0.4) is 0 Å². The van der Waals surface area contributed by atoms with Crippen molar-refractivity contribution in [1.82, 2.24) is 9.88 Å². The number of nitrogens with zero attached hydrogens (tertiary/aromatic N) is 2. The van der Waals surface area contributed by atoms with Crippen molar-refractivity contribution in [3.8, 4) is 0 Å². The molecule has 0 unspecified atom stereocenters. The monoisotopic (exact) mass is 223 g/mol. The van der Waals surface area contributed by atoms with Crippen LogP contribution >= 0.6 is 0 Å². The quantitative estimate of drug-likeness (QED) is 0.453. The van der Waals surface area contributed by atoms with E-state index in [4.69, 9.17) is 11.6 Å². The second kappa shape index (κ2) is 6.04. The molecular weight excluding hydrogens is 206 g/mol. The normalized spacial score (nSPS) is 10.4. The fourth-order valence-electron chi connectivity index (χ4n) is 1.38. The van der Waals surface area contributed by atoms with Gasteiger partial charge in [-0.25, -0.2) is 10.8 Å². The van der Waals surface area contributed by atoms with Crippen LogP contribution < -0.4 is 17.0 Å². The maximum Gasteiger partial charge on any atom is 0.231 e. The first kappa shape index (κ1) is 12.4. The van der Waals surface area contributed by atoms with Gasteiger partial charge in [-0.05, 0) is 18.7 Å². The third kappa shape index (κ3) is 3.84. The number of hydrogen-bond donors (Lipinski definition) is 3. The van der Waals surface area contributed by atoms with Crippen LogP contribution in [0.5, 0.6) is 0 Å². The Morgan fingerprint density at radius 1 is 1.56 bits per heavy atom. The van der Waals surface area contributed by atoms with Gasteiger partial charge in [0.1, 0.15) is 5.82 Å². The molecule has 0 spiro atoms. The van der Waals surface area contributed by atoms with Gasteiger partial charge in [-0.15, -0.1) is 0 Å². The molecule has 6 heteroatoms. The molecule has 0 radical (unpaired) electrons. The van der Waals surface area contributed by atoms with E-state index in [9.17, 15) is 4.79 Å². The van der Waals surface area contributed by atoms with Gasteiger partial charge in [0.2, 0.25) is 5.91 Å². The molecule has 0 saturated carbocycles. The number of aromatic nitrogens is 1. The first-order chi connectivity index (χ1) is 7.65. The molecule has 1 amide bonds. The molecule has 0 bridgehead atoms. The smallest absolute Gasteiger partial charge is 0.231 e. The van der Waals surface area contributed by atoms with E-state index in [0.717, 1.165) is 12.2 Å². The summed E-state index contributed by atoms with van der Waals surface area (Å²) in [5.74, 6) is 5.53. The minimum atomic E-state index is -0.338. The van der Waals surface area contributed by atoms with Crippen LogP contribution in [0.1, 0.15) is 12.6 Å². The Kier molecular flexibility index (Phi) is 4.68. The molecule has 1 aromatic rings. The summed E-state index contributed by atoms with van der Waals surface area (Å²) in [6.07, 6.45) is 0. The maximum absolute atomic E-state index is 10.8. The number of nitrogens with one attached hydrogen (secondary N) is 1. The Morgan fingerprint density at radius 3 is 2.88 bits per heavy atom. The van der Waals surface area contributed by atoms with E-state index >= 15 is 0 Å². The SMILES string of the molecule is CCN(CC(N)=O)Cc1cccc(NN)n1. The topological polar surface area (TPSA) is 97.3 Å². The third-order valence-corrected chi connectivity index (χ3v) is 2.17. The molecule has 0 fully saturated rings. The van der Waals surface area contributed by atoms with Crippen molar-refractivity contribution < 1.29 is 4.79 Å². The molecule has 0 saturated heterocycles. The summed E-state index contributed by atoms with van der Waals surface area (Å²) in [7, 11) is 0. The Hall–Kier alpha value is -1.66. The summed E-state index contributed by atoms with van der Waals surface area (Å²) < 4.78 is 0. The largest absolute Gasteiger partial charge is 0.369 e. The van der Waals surface area contributed by atoms with Gasteiger partial charge in [0, 0.05) is 6.54 Å². The number of nitrogen functional groups attached to an aromatic ring is 1. The zero-order valence-corrected chi connectivity index (χ0v) is 9.31. The highest BCUT2D eigenvalue weighted by Gasteiger charge is 2.07. The number of amides is 1. The molecule has 6 nitrogen and oxygen atoms in total. The molecule has 88 valence electrons. The Balaban J connectivity index is 2.65. The number of hydrazine groups is 1. The lowest BCUT2D eigenvalue weighted by atomic mass is 10.3. The fraction of sp³-hybridized carbons (Fsp3) is 0.400. The van der Waals surface area contributed by atoms with Crippen molar-refractivity contribution in [2.75, 3.05) is 18.5 Å². The van der Waals surface area contributed by atoms with Crippen molar-refractivity contribution in [1.29, 1.82) is 0 Å². The highest BCUT2D eigenvalue weighted by atomic mass is 16.1. The predicted octanol–water partition coefficient (Wildman–Crippen LogP) is -0.326. The zero-order valence-electron chi connectivity index (χ0n) is 9.31. The van der Waals surface area contributed by atoms with Crippen molar-refractivity contribution in [3.05, 3.63) is 23.9 Å². The number of carbonyl (C=O) groups excluding carboxylic acids is 1. The van der Waals surface area contributed by atoms with Gasteiger partial charge in [0.25, 0.3) is 0 Å². The summed E-state index contributed by atoms with van der Waals surface area (Å²) >= 11 is 0. The summed E-state index contributed by atoms with van der Waals surface area (Å²) in [4.78, 5) is 17.0. The number of anilines is 1. The first-order valence-corrected chi connectivity index (χ1v) is 5.09. The van der Waals surface area contributed by atoms with Crippen LogP contribution in [-0.4, -0.2) is 28.9 Å². The lowest BCUT2D eigenvalue weighted by Crippen LogP contribution is -2.33. The molecule has 1 aromatic heterocycles. The van der Waals surface area contributed by atoms with Crippen LogP contribution in [0.15, 0.2) is 18.2 Å². The van der Waals surface area contributed by atoms with Crippen molar-refractivity contribution in [3.63, 3.8) is 0 Å². The fourth-order valence-corrected chi connectivity index (χ4v) is 1.38. The van der Waals surface area contributed by atoms with E-state index in [1.54, 1.807) is 6.07 Å². The molecule has 0 aliphatic rings. The molecular formula is C10H17N5O. The Morgan fingerprint density at radius 2 is 2.31 bits per heavy atom. The maximum atomic E-state index is 10.8. The van der Waals surface area contributed by atoms with E-state index in [1.807, 2.05) is 24.0 Å². The average molecular weight is 223 g/mol. The highest BCUT2D eigenvalue weighted by molar-refractivity contribution is 5.75. The van der Waals surface area contributed by atoms with E-state index < -0.39 is 0 Å². The van der Waals surface area contributed by atoms with Gasteiger partial charge < -0.3 is 11.2 Å². The minimum Gasteiger partial charge on any atom is -0.369 e. The number of rotatable bonds is 6. The number of pyridine rings is 1. The third-order valence-electron chi connectivity index (χ3n) is 2.17. The lowest BCUT2D eigenvalue weighted by Gasteiger charge is -2.18. The molecule has 0 aliphatic heterocycles. The standard InChI is InChI=1S/C10H17N5O/c1-2-15(7-9(11)16)6-8-4-3-5-10(13-8)14-12/h3-5H,2,6-7,12H2,1H3,(H2,11,16)(H,13,14). The van der Waals surface area contributed by atoms with Crippen LogP contribution in [-0.2, 0) is 11.3 Å². The summed E-state index contributed by atoms with van der Waals surface area (Å²) in [6.45, 7) is 3.52. The van der Waals surface area contributed by atoms with Crippen LogP contribution in [0, 0.1) is 0 Å². The summed E-state index contributed by atoms with van der Waals surface area (Å²) in [6, 6.07) is 5.51. The van der Waals surface area contributed by atoms with E-state index in [1.165, 1.54) is 0 Å².